The van der Waals surface area contributed by atoms with E-state index in [2.05, 4.69) is 20.0 Å². The van der Waals surface area contributed by atoms with Crippen LogP contribution in [0.5, 0.6) is 5.75 Å². The average Bonchev–Trinajstić information content (AvgIpc) is 3.21. The van der Waals surface area contributed by atoms with E-state index in [1.54, 1.807) is 36.0 Å². The Morgan fingerprint density at radius 2 is 1.85 bits per heavy atom. The van der Waals surface area contributed by atoms with Crippen molar-refractivity contribution in [1.29, 1.82) is 0 Å². The predicted molar refractivity (Wildman–Crippen MR) is 132 cm³/mol. The van der Waals surface area contributed by atoms with Gasteiger partial charge in [-0.25, -0.2) is 13.4 Å². The van der Waals surface area contributed by atoms with E-state index in [-0.39, 0.29) is 5.91 Å². The highest BCUT2D eigenvalue weighted by molar-refractivity contribution is 7.98. The number of rotatable bonds is 8. The van der Waals surface area contributed by atoms with Crippen LogP contribution in [-0.2, 0) is 15.8 Å². The molecule has 1 aromatic heterocycles. The van der Waals surface area contributed by atoms with Gasteiger partial charge in [-0.3, -0.25) is 9.52 Å². The fraction of sp³-hybridized carbons (Fsp3) is 0.130. The summed E-state index contributed by atoms with van der Waals surface area (Å²) < 4.78 is 30.5. The lowest BCUT2D eigenvalue weighted by atomic mass is 10.1. The molecule has 8 nitrogen and oxygen atoms in total. The number of ether oxygens (including phenoxy) is 1. The Morgan fingerprint density at radius 3 is 2.55 bits per heavy atom. The molecular weight excluding hydrogens is 460 g/mol. The van der Waals surface area contributed by atoms with Gasteiger partial charge in [-0.15, -0.1) is 0 Å². The lowest BCUT2D eigenvalue weighted by Gasteiger charge is -2.12. The van der Waals surface area contributed by atoms with Gasteiger partial charge >= 0.3 is 0 Å². The van der Waals surface area contributed by atoms with Gasteiger partial charge in [0.25, 0.3) is 5.91 Å². The molecule has 3 N–H and O–H groups in total. The Labute approximate surface area is 195 Å². The number of nitrogens with zero attached hydrogens (tertiary/aromatic N) is 1. The van der Waals surface area contributed by atoms with Crippen LogP contribution < -0.4 is 14.8 Å². The summed E-state index contributed by atoms with van der Waals surface area (Å²) in [6, 6.07) is 19.9. The van der Waals surface area contributed by atoms with Crippen LogP contribution in [0.15, 0.2) is 71.9 Å². The molecule has 4 rings (SSSR count). The van der Waals surface area contributed by atoms with Gasteiger partial charge < -0.3 is 15.0 Å². The molecule has 0 spiro atoms. The van der Waals surface area contributed by atoms with Gasteiger partial charge in [0, 0.05) is 23.1 Å². The number of fused-ring (bicyclic) bond motifs is 1. The van der Waals surface area contributed by atoms with E-state index in [1.165, 1.54) is 13.2 Å². The summed E-state index contributed by atoms with van der Waals surface area (Å²) in [6.07, 6.45) is 1.06. The van der Waals surface area contributed by atoms with Gasteiger partial charge in [0.2, 0.25) is 10.0 Å². The summed E-state index contributed by atoms with van der Waals surface area (Å²) in [5, 5.41) is 3.65. The molecule has 170 valence electrons. The Bertz CT molecular complexity index is 1370. The minimum absolute atomic E-state index is 0.280. The standard InChI is InChI=1S/C23H22N4O4S2/c1-31-21-13-17(11-12-20(21)27-33(2,29)30)24-22(28)16-9-7-15(8-10-16)14-32-23-25-18-5-3-4-6-19(18)26-23/h3-13,27H,14H2,1-2H3,(H,24,28)(H,25,26). The molecule has 1 heterocycles. The zero-order valence-electron chi connectivity index (χ0n) is 18.0. The van der Waals surface area contributed by atoms with Crippen LogP contribution in [0.4, 0.5) is 11.4 Å². The van der Waals surface area contributed by atoms with Crippen molar-refractivity contribution in [2.75, 3.05) is 23.4 Å². The second kappa shape index (κ2) is 9.55. The SMILES string of the molecule is COc1cc(NC(=O)c2ccc(CSc3nc4ccccc4[nH]3)cc2)ccc1NS(C)(=O)=O. The zero-order valence-corrected chi connectivity index (χ0v) is 19.6. The largest absolute Gasteiger partial charge is 0.494 e. The van der Waals surface area contributed by atoms with Crippen LogP contribution in [0.1, 0.15) is 15.9 Å². The van der Waals surface area contributed by atoms with Crippen molar-refractivity contribution >= 4 is 50.1 Å². The van der Waals surface area contributed by atoms with E-state index in [9.17, 15) is 13.2 Å². The molecule has 3 aromatic carbocycles. The third-order valence-corrected chi connectivity index (χ3v) is 6.25. The van der Waals surface area contributed by atoms with Crippen molar-refractivity contribution in [3.8, 4) is 5.75 Å². The lowest BCUT2D eigenvalue weighted by Crippen LogP contribution is -2.13. The smallest absolute Gasteiger partial charge is 0.255 e. The van der Waals surface area contributed by atoms with Crippen molar-refractivity contribution in [3.63, 3.8) is 0 Å². The number of imidazole rings is 1. The molecule has 10 heteroatoms. The predicted octanol–water partition coefficient (Wildman–Crippen LogP) is 4.49. The fourth-order valence-electron chi connectivity index (χ4n) is 3.16. The van der Waals surface area contributed by atoms with Gasteiger partial charge in [-0.2, -0.15) is 0 Å². The van der Waals surface area contributed by atoms with Crippen molar-refractivity contribution in [2.24, 2.45) is 0 Å². The summed E-state index contributed by atoms with van der Waals surface area (Å²) in [5.74, 6) is 0.738. The van der Waals surface area contributed by atoms with Gasteiger partial charge in [0.1, 0.15) is 5.75 Å². The third-order valence-electron chi connectivity index (χ3n) is 4.71. The molecule has 0 bridgehead atoms. The number of nitrogens with one attached hydrogen (secondary N) is 3. The van der Waals surface area contributed by atoms with Gasteiger partial charge in [0.05, 0.1) is 30.1 Å². The molecule has 0 radical (unpaired) electrons. The lowest BCUT2D eigenvalue weighted by molar-refractivity contribution is 0.102. The molecule has 0 aliphatic rings. The van der Waals surface area contributed by atoms with E-state index >= 15 is 0 Å². The van der Waals surface area contributed by atoms with Crippen LogP contribution in [0, 0.1) is 0 Å². The molecule has 1 amide bonds. The highest BCUT2D eigenvalue weighted by Crippen LogP contribution is 2.29. The molecule has 0 aliphatic heterocycles. The van der Waals surface area contributed by atoms with Gasteiger partial charge in [-0.05, 0) is 42.0 Å². The third kappa shape index (κ3) is 5.85. The van der Waals surface area contributed by atoms with Crippen molar-refractivity contribution in [3.05, 3.63) is 77.9 Å². The number of sulfonamides is 1. The molecule has 33 heavy (non-hydrogen) atoms. The quantitative estimate of drug-likeness (QED) is 0.319. The molecule has 0 saturated heterocycles. The number of carbonyl (C=O) groups is 1. The average molecular weight is 483 g/mol. The number of para-hydroxylation sites is 2. The fourth-order valence-corrected chi connectivity index (χ4v) is 4.57. The molecular formula is C23H22N4O4S2. The molecule has 0 atom stereocenters. The Balaban J connectivity index is 1.38. The summed E-state index contributed by atoms with van der Waals surface area (Å²) in [7, 11) is -2.02. The van der Waals surface area contributed by atoms with Crippen LogP contribution in [0.25, 0.3) is 11.0 Å². The van der Waals surface area contributed by atoms with Crippen molar-refractivity contribution in [1.82, 2.24) is 9.97 Å². The maximum atomic E-state index is 12.6. The highest BCUT2D eigenvalue weighted by atomic mass is 32.2. The summed E-state index contributed by atoms with van der Waals surface area (Å²) in [4.78, 5) is 20.5. The van der Waals surface area contributed by atoms with E-state index in [1.807, 2.05) is 36.4 Å². The Kier molecular flexibility index (Phi) is 6.57. The second-order valence-electron chi connectivity index (χ2n) is 7.29. The maximum Gasteiger partial charge on any atom is 0.255 e. The molecule has 0 unspecified atom stereocenters. The van der Waals surface area contributed by atoms with E-state index in [4.69, 9.17) is 4.74 Å². The second-order valence-corrected chi connectivity index (χ2v) is 10.0. The number of thioether (sulfide) groups is 1. The first-order valence-corrected chi connectivity index (χ1v) is 12.8. The number of aromatic nitrogens is 2. The van der Waals surface area contributed by atoms with E-state index in [0.717, 1.165) is 28.0 Å². The number of amides is 1. The first-order chi connectivity index (χ1) is 15.8. The maximum absolute atomic E-state index is 12.6. The van der Waals surface area contributed by atoms with Crippen LogP contribution >= 0.6 is 11.8 Å². The van der Waals surface area contributed by atoms with Gasteiger partial charge in [0.15, 0.2) is 5.16 Å². The number of H-pyrrole nitrogens is 1. The number of hydrogen-bond donors (Lipinski definition) is 3. The number of aromatic amines is 1. The van der Waals surface area contributed by atoms with E-state index < -0.39 is 10.0 Å². The molecule has 0 aliphatic carbocycles. The summed E-state index contributed by atoms with van der Waals surface area (Å²) >= 11 is 1.60. The van der Waals surface area contributed by atoms with Crippen molar-refractivity contribution in [2.45, 2.75) is 10.9 Å². The van der Waals surface area contributed by atoms with Crippen LogP contribution in [0.3, 0.4) is 0 Å². The summed E-state index contributed by atoms with van der Waals surface area (Å²) in [6.45, 7) is 0. The van der Waals surface area contributed by atoms with Crippen molar-refractivity contribution < 1.29 is 17.9 Å². The highest BCUT2D eigenvalue weighted by Gasteiger charge is 2.12. The number of benzene rings is 3. The molecule has 0 fully saturated rings. The minimum Gasteiger partial charge on any atom is -0.494 e. The first kappa shape index (κ1) is 22.7. The minimum atomic E-state index is -3.45. The Morgan fingerprint density at radius 1 is 1.09 bits per heavy atom. The number of anilines is 2. The number of carbonyl (C=O) groups excluding carboxylic acids is 1. The molecule has 4 aromatic rings. The molecule has 0 saturated carbocycles. The zero-order chi connectivity index (χ0) is 23.4. The first-order valence-electron chi connectivity index (χ1n) is 9.94. The summed E-state index contributed by atoms with van der Waals surface area (Å²) in [5.41, 5.74) is 4.29. The van der Waals surface area contributed by atoms with Crippen LogP contribution in [-0.4, -0.2) is 37.7 Å². The van der Waals surface area contributed by atoms with E-state index in [0.29, 0.717) is 28.4 Å². The normalized spacial score (nSPS) is 11.3. The number of methoxy groups -OCH3 is 1. The topological polar surface area (TPSA) is 113 Å². The monoisotopic (exact) mass is 482 g/mol. The van der Waals surface area contributed by atoms with Gasteiger partial charge in [-0.1, -0.05) is 36.0 Å². The number of hydrogen-bond acceptors (Lipinski definition) is 6. The van der Waals surface area contributed by atoms with Crippen LogP contribution in [0.2, 0.25) is 0 Å². The Hall–Kier alpha value is -3.50.